The molecule has 0 aliphatic heterocycles. The number of rotatable bonds is 5. The van der Waals surface area contributed by atoms with E-state index in [-0.39, 0.29) is 17.2 Å². The molecule has 0 saturated heterocycles. The molecule has 2 rings (SSSR count). The van der Waals surface area contributed by atoms with Crippen molar-refractivity contribution in [1.29, 1.82) is 0 Å². The molecule has 0 unspecified atom stereocenters. The highest BCUT2D eigenvalue weighted by Gasteiger charge is 2.07. The SMILES string of the molecule is Cc1cccc(CSCC(=O)NNC(=O)c2ccc(F)cc2)c1. The van der Waals surface area contributed by atoms with Crippen LogP contribution in [0.5, 0.6) is 0 Å². The zero-order valence-corrected chi connectivity index (χ0v) is 13.5. The minimum atomic E-state index is -0.484. The largest absolute Gasteiger partial charge is 0.272 e. The molecule has 0 atom stereocenters. The van der Waals surface area contributed by atoms with Gasteiger partial charge in [-0.2, -0.15) is 0 Å². The van der Waals surface area contributed by atoms with Gasteiger partial charge in [-0.05, 0) is 36.8 Å². The highest BCUT2D eigenvalue weighted by molar-refractivity contribution is 7.99. The van der Waals surface area contributed by atoms with E-state index < -0.39 is 11.7 Å². The Hall–Kier alpha value is -2.34. The van der Waals surface area contributed by atoms with Crippen LogP contribution in [0.3, 0.4) is 0 Å². The van der Waals surface area contributed by atoms with Crippen molar-refractivity contribution in [1.82, 2.24) is 10.9 Å². The summed E-state index contributed by atoms with van der Waals surface area (Å²) in [6, 6.07) is 13.2. The number of amides is 2. The standard InChI is InChI=1S/C17H17FN2O2S/c1-12-3-2-4-13(9-12)10-23-11-16(21)19-20-17(22)14-5-7-15(18)8-6-14/h2-9H,10-11H2,1H3,(H,19,21)(H,20,22). The molecule has 2 N–H and O–H groups in total. The van der Waals surface area contributed by atoms with Gasteiger partial charge >= 0.3 is 0 Å². The second-order valence-corrected chi connectivity index (χ2v) is 5.98. The molecule has 0 aromatic heterocycles. The van der Waals surface area contributed by atoms with Gasteiger partial charge in [0.25, 0.3) is 5.91 Å². The third-order valence-electron chi connectivity index (χ3n) is 3.01. The van der Waals surface area contributed by atoms with E-state index in [1.807, 2.05) is 25.1 Å². The minimum Gasteiger partial charge on any atom is -0.272 e. The predicted molar refractivity (Wildman–Crippen MR) is 89.3 cm³/mol. The first-order valence-corrected chi connectivity index (χ1v) is 8.18. The van der Waals surface area contributed by atoms with Crippen LogP contribution in [-0.2, 0) is 10.5 Å². The lowest BCUT2D eigenvalue weighted by Crippen LogP contribution is -2.42. The van der Waals surface area contributed by atoms with Crippen molar-refractivity contribution < 1.29 is 14.0 Å². The third-order valence-corrected chi connectivity index (χ3v) is 4.01. The van der Waals surface area contributed by atoms with Crippen LogP contribution in [0.2, 0.25) is 0 Å². The van der Waals surface area contributed by atoms with Gasteiger partial charge in [0, 0.05) is 11.3 Å². The summed E-state index contributed by atoms with van der Waals surface area (Å²) in [6.45, 7) is 2.02. The number of halogens is 1. The van der Waals surface area contributed by atoms with Gasteiger partial charge in [0.1, 0.15) is 5.82 Å². The number of carbonyl (C=O) groups excluding carboxylic acids is 2. The summed E-state index contributed by atoms with van der Waals surface area (Å²) >= 11 is 1.46. The maximum atomic E-state index is 12.8. The number of aryl methyl sites for hydroxylation is 1. The topological polar surface area (TPSA) is 58.2 Å². The number of carbonyl (C=O) groups is 2. The van der Waals surface area contributed by atoms with E-state index in [9.17, 15) is 14.0 Å². The van der Waals surface area contributed by atoms with Crippen molar-refractivity contribution in [3.63, 3.8) is 0 Å². The Morgan fingerprint density at radius 3 is 2.52 bits per heavy atom. The number of hydrogen-bond acceptors (Lipinski definition) is 3. The Morgan fingerprint density at radius 1 is 1.09 bits per heavy atom. The van der Waals surface area contributed by atoms with E-state index in [2.05, 4.69) is 16.9 Å². The molecular weight excluding hydrogens is 315 g/mol. The fraction of sp³-hybridized carbons (Fsp3) is 0.176. The van der Waals surface area contributed by atoms with E-state index in [1.54, 1.807) is 0 Å². The van der Waals surface area contributed by atoms with Gasteiger partial charge in [-0.3, -0.25) is 20.4 Å². The molecule has 0 radical (unpaired) electrons. The normalized spacial score (nSPS) is 10.2. The Bertz CT molecular complexity index is 689. The van der Waals surface area contributed by atoms with Gasteiger partial charge in [-0.15, -0.1) is 11.8 Å². The van der Waals surface area contributed by atoms with Gasteiger partial charge in [-0.1, -0.05) is 29.8 Å². The minimum absolute atomic E-state index is 0.234. The lowest BCUT2D eigenvalue weighted by molar-refractivity contribution is -0.119. The maximum Gasteiger partial charge on any atom is 0.269 e. The van der Waals surface area contributed by atoms with Crippen molar-refractivity contribution in [2.75, 3.05) is 5.75 Å². The molecule has 0 aliphatic carbocycles. The number of nitrogens with one attached hydrogen (secondary N) is 2. The fourth-order valence-electron chi connectivity index (χ4n) is 1.90. The summed E-state index contributed by atoms with van der Waals surface area (Å²) in [5, 5.41) is 0. The maximum absolute atomic E-state index is 12.8. The van der Waals surface area contributed by atoms with Gasteiger partial charge in [0.2, 0.25) is 5.91 Å². The Balaban J connectivity index is 1.70. The van der Waals surface area contributed by atoms with Gasteiger partial charge in [0.15, 0.2) is 0 Å². The zero-order valence-electron chi connectivity index (χ0n) is 12.6. The average molecular weight is 332 g/mol. The second-order valence-electron chi connectivity index (χ2n) is 4.99. The molecule has 0 bridgehead atoms. The van der Waals surface area contributed by atoms with Crippen molar-refractivity contribution in [2.45, 2.75) is 12.7 Å². The van der Waals surface area contributed by atoms with Crippen LogP contribution in [0, 0.1) is 12.7 Å². The summed E-state index contributed by atoms with van der Waals surface area (Å²) in [4.78, 5) is 23.4. The molecule has 120 valence electrons. The Labute approximate surface area is 138 Å². The molecule has 0 heterocycles. The molecule has 6 heteroatoms. The molecule has 0 aliphatic rings. The van der Waals surface area contributed by atoms with Crippen LogP contribution in [0.4, 0.5) is 4.39 Å². The summed E-state index contributed by atoms with van der Waals surface area (Å²) in [6.07, 6.45) is 0. The highest BCUT2D eigenvalue weighted by Crippen LogP contribution is 2.13. The molecule has 4 nitrogen and oxygen atoms in total. The Kier molecular flexibility index (Phi) is 6.17. The quantitative estimate of drug-likeness (QED) is 0.828. The van der Waals surface area contributed by atoms with Gasteiger partial charge in [-0.25, -0.2) is 4.39 Å². The van der Waals surface area contributed by atoms with Crippen LogP contribution in [-0.4, -0.2) is 17.6 Å². The number of hydrazine groups is 1. The van der Waals surface area contributed by atoms with E-state index in [0.29, 0.717) is 0 Å². The van der Waals surface area contributed by atoms with Crippen LogP contribution in [0.1, 0.15) is 21.5 Å². The zero-order chi connectivity index (χ0) is 16.7. The average Bonchev–Trinajstić information content (AvgIpc) is 2.53. The number of thioether (sulfide) groups is 1. The summed E-state index contributed by atoms with van der Waals surface area (Å²) in [5.74, 6) is -0.239. The number of benzene rings is 2. The van der Waals surface area contributed by atoms with Gasteiger partial charge < -0.3 is 0 Å². The molecule has 2 amide bonds. The first-order valence-electron chi connectivity index (χ1n) is 7.02. The molecule has 2 aromatic carbocycles. The van der Waals surface area contributed by atoms with Crippen molar-refractivity contribution in [2.24, 2.45) is 0 Å². The Morgan fingerprint density at radius 2 is 1.83 bits per heavy atom. The van der Waals surface area contributed by atoms with Crippen LogP contribution in [0.25, 0.3) is 0 Å². The molecular formula is C17H17FN2O2S. The first kappa shape index (κ1) is 17.0. The smallest absolute Gasteiger partial charge is 0.269 e. The van der Waals surface area contributed by atoms with Crippen LogP contribution < -0.4 is 10.9 Å². The molecule has 0 fully saturated rings. The molecule has 23 heavy (non-hydrogen) atoms. The second kappa shape index (κ2) is 8.33. The lowest BCUT2D eigenvalue weighted by Gasteiger charge is -2.07. The molecule has 0 saturated carbocycles. The van der Waals surface area contributed by atoms with Crippen LogP contribution >= 0.6 is 11.8 Å². The fourth-order valence-corrected chi connectivity index (χ4v) is 2.67. The van der Waals surface area contributed by atoms with Crippen molar-refractivity contribution >= 4 is 23.6 Å². The number of hydrogen-bond donors (Lipinski definition) is 2. The van der Waals surface area contributed by atoms with Crippen molar-refractivity contribution in [3.8, 4) is 0 Å². The van der Waals surface area contributed by atoms with E-state index in [4.69, 9.17) is 0 Å². The summed E-state index contributed by atoms with van der Waals surface area (Å²) in [7, 11) is 0. The van der Waals surface area contributed by atoms with E-state index in [0.717, 1.165) is 11.3 Å². The first-order chi connectivity index (χ1) is 11.0. The highest BCUT2D eigenvalue weighted by atomic mass is 32.2. The monoisotopic (exact) mass is 332 g/mol. The van der Waals surface area contributed by atoms with Crippen molar-refractivity contribution in [3.05, 3.63) is 71.0 Å². The lowest BCUT2D eigenvalue weighted by atomic mass is 10.2. The van der Waals surface area contributed by atoms with E-state index >= 15 is 0 Å². The van der Waals surface area contributed by atoms with Gasteiger partial charge in [0.05, 0.1) is 5.75 Å². The summed E-state index contributed by atoms with van der Waals surface area (Å²) in [5.41, 5.74) is 7.25. The predicted octanol–water partition coefficient (Wildman–Crippen LogP) is 2.83. The van der Waals surface area contributed by atoms with Crippen LogP contribution in [0.15, 0.2) is 48.5 Å². The van der Waals surface area contributed by atoms with E-state index in [1.165, 1.54) is 41.6 Å². The third kappa shape index (κ3) is 5.75. The summed E-state index contributed by atoms with van der Waals surface area (Å²) < 4.78 is 12.8. The molecule has 0 spiro atoms. The molecule has 2 aromatic rings.